The number of benzene rings is 1. The van der Waals surface area contributed by atoms with Crippen LogP contribution in [-0.4, -0.2) is 24.2 Å². The number of carbonyl (C=O) groups excluding carboxylic acids is 1. The summed E-state index contributed by atoms with van der Waals surface area (Å²) in [4.78, 5) is 15.5. The van der Waals surface area contributed by atoms with Crippen molar-refractivity contribution in [1.82, 2.24) is 4.98 Å². The summed E-state index contributed by atoms with van der Waals surface area (Å²) in [5.74, 6) is 0.236. The molecule has 0 fully saturated rings. The number of nitrogens with zero attached hydrogens (tertiary/aromatic N) is 1. The first-order valence-electron chi connectivity index (χ1n) is 5.30. The highest BCUT2D eigenvalue weighted by molar-refractivity contribution is 5.85. The Morgan fingerprint density at radius 3 is 2.88 bits per heavy atom. The molecule has 0 saturated carbocycles. The van der Waals surface area contributed by atoms with Gasteiger partial charge in [-0.2, -0.15) is 0 Å². The fourth-order valence-corrected chi connectivity index (χ4v) is 1.58. The van der Waals surface area contributed by atoms with Crippen LogP contribution in [0.4, 0.5) is 0 Å². The molecule has 2 aromatic rings. The smallest absolute Gasteiger partial charge is 0.346 e. The average Bonchev–Trinajstić information content (AvgIpc) is 2.38. The largest absolute Gasteiger partial charge is 0.478 e. The molecule has 0 unspecified atom stereocenters. The van der Waals surface area contributed by atoms with Crippen LogP contribution in [-0.2, 0) is 9.53 Å². The summed E-state index contributed by atoms with van der Waals surface area (Å²) < 4.78 is 10.2. The Balaban J connectivity index is 2.33. The molecule has 1 heterocycles. The van der Waals surface area contributed by atoms with E-state index >= 15 is 0 Å². The first kappa shape index (κ1) is 11.4. The van der Waals surface area contributed by atoms with Crippen LogP contribution in [0.3, 0.4) is 0 Å². The number of carbonyl (C=O) groups is 1. The number of hydrogen-bond acceptors (Lipinski definition) is 4. The lowest BCUT2D eigenvalue weighted by Crippen LogP contribution is -2.24. The van der Waals surface area contributed by atoms with Crippen LogP contribution in [0.1, 0.15) is 6.92 Å². The van der Waals surface area contributed by atoms with Crippen molar-refractivity contribution in [3.8, 4) is 5.75 Å². The summed E-state index contributed by atoms with van der Waals surface area (Å²) in [5.41, 5.74) is 0.835. The van der Waals surface area contributed by atoms with Crippen LogP contribution >= 0.6 is 0 Å². The van der Waals surface area contributed by atoms with Crippen LogP contribution in [0.15, 0.2) is 36.5 Å². The normalized spacial score (nSPS) is 12.1. The van der Waals surface area contributed by atoms with Gasteiger partial charge in [-0.05, 0) is 31.2 Å². The molecule has 1 atom stereocenters. The molecule has 1 aromatic heterocycles. The van der Waals surface area contributed by atoms with Crippen molar-refractivity contribution >= 4 is 16.9 Å². The molecule has 88 valence electrons. The van der Waals surface area contributed by atoms with E-state index in [0.29, 0.717) is 5.75 Å². The van der Waals surface area contributed by atoms with Crippen molar-refractivity contribution < 1.29 is 14.3 Å². The van der Waals surface area contributed by atoms with Crippen LogP contribution in [0, 0.1) is 0 Å². The first-order valence-corrected chi connectivity index (χ1v) is 5.30. The van der Waals surface area contributed by atoms with Crippen LogP contribution in [0.2, 0.25) is 0 Å². The minimum atomic E-state index is -0.634. The summed E-state index contributed by atoms with van der Waals surface area (Å²) in [6.45, 7) is 1.65. The molecule has 0 saturated heterocycles. The lowest BCUT2D eigenvalue weighted by molar-refractivity contribution is -0.147. The Labute approximate surface area is 99.2 Å². The van der Waals surface area contributed by atoms with Crippen molar-refractivity contribution in [2.24, 2.45) is 0 Å². The van der Waals surface area contributed by atoms with Gasteiger partial charge in [-0.3, -0.25) is 4.98 Å². The predicted molar refractivity (Wildman–Crippen MR) is 63.8 cm³/mol. The van der Waals surface area contributed by atoms with Gasteiger partial charge >= 0.3 is 5.97 Å². The van der Waals surface area contributed by atoms with Gasteiger partial charge in [-0.25, -0.2) is 4.79 Å². The zero-order valence-corrected chi connectivity index (χ0v) is 9.71. The van der Waals surface area contributed by atoms with Crippen LogP contribution in [0.5, 0.6) is 5.75 Å². The van der Waals surface area contributed by atoms with Gasteiger partial charge in [-0.15, -0.1) is 0 Å². The Hall–Kier alpha value is -2.10. The summed E-state index contributed by atoms with van der Waals surface area (Å²) in [6.07, 6.45) is 1.08. The first-order chi connectivity index (χ1) is 8.22. The third-order valence-electron chi connectivity index (χ3n) is 2.44. The second-order valence-electron chi connectivity index (χ2n) is 3.61. The quantitative estimate of drug-likeness (QED) is 0.759. The molecule has 4 nitrogen and oxygen atoms in total. The molecule has 0 N–H and O–H groups in total. The third kappa shape index (κ3) is 2.36. The van der Waals surface area contributed by atoms with Crippen molar-refractivity contribution in [3.05, 3.63) is 36.5 Å². The van der Waals surface area contributed by atoms with Gasteiger partial charge in [0.25, 0.3) is 0 Å². The standard InChI is InChI=1S/C13H13NO3/c1-9(13(15)16-2)17-12-7-3-6-11-10(12)5-4-8-14-11/h3-9H,1-2H3/t9-/m0/s1. The van der Waals surface area contributed by atoms with E-state index < -0.39 is 12.1 Å². The monoisotopic (exact) mass is 231 g/mol. The second kappa shape index (κ2) is 4.82. The van der Waals surface area contributed by atoms with E-state index in [4.69, 9.17) is 4.74 Å². The molecule has 0 radical (unpaired) electrons. The van der Waals surface area contributed by atoms with E-state index in [1.165, 1.54) is 7.11 Å². The number of esters is 1. The van der Waals surface area contributed by atoms with Crippen molar-refractivity contribution in [2.45, 2.75) is 13.0 Å². The predicted octanol–water partition coefficient (Wildman–Crippen LogP) is 2.18. The van der Waals surface area contributed by atoms with E-state index in [-0.39, 0.29) is 0 Å². The molecule has 17 heavy (non-hydrogen) atoms. The molecule has 0 aliphatic heterocycles. The van der Waals surface area contributed by atoms with Gasteiger partial charge in [0.15, 0.2) is 6.10 Å². The Kier molecular flexibility index (Phi) is 3.23. The SMILES string of the molecule is COC(=O)[C@H](C)Oc1cccc2ncccc12. The van der Waals surface area contributed by atoms with Gasteiger partial charge in [0.05, 0.1) is 12.6 Å². The van der Waals surface area contributed by atoms with E-state index in [2.05, 4.69) is 9.72 Å². The lowest BCUT2D eigenvalue weighted by Gasteiger charge is -2.13. The molecule has 1 aromatic carbocycles. The summed E-state index contributed by atoms with van der Waals surface area (Å²) in [6, 6.07) is 9.28. The second-order valence-corrected chi connectivity index (χ2v) is 3.61. The molecular weight excluding hydrogens is 218 g/mol. The Morgan fingerprint density at radius 2 is 2.12 bits per heavy atom. The Morgan fingerprint density at radius 1 is 1.29 bits per heavy atom. The molecule has 2 rings (SSSR count). The van der Waals surface area contributed by atoms with Gasteiger partial charge < -0.3 is 9.47 Å². The topological polar surface area (TPSA) is 48.4 Å². The van der Waals surface area contributed by atoms with Crippen LogP contribution < -0.4 is 4.74 Å². The highest BCUT2D eigenvalue weighted by atomic mass is 16.6. The van der Waals surface area contributed by atoms with Gasteiger partial charge in [-0.1, -0.05) is 6.07 Å². The highest BCUT2D eigenvalue weighted by Crippen LogP contribution is 2.24. The molecule has 0 spiro atoms. The lowest BCUT2D eigenvalue weighted by atomic mass is 10.2. The molecule has 0 aliphatic carbocycles. The average molecular weight is 231 g/mol. The molecule has 4 heteroatoms. The van der Waals surface area contributed by atoms with Crippen molar-refractivity contribution in [3.63, 3.8) is 0 Å². The number of fused-ring (bicyclic) bond motifs is 1. The zero-order valence-electron chi connectivity index (χ0n) is 9.71. The molecule has 0 amide bonds. The number of pyridine rings is 1. The minimum absolute atomic E-state index is 0.397. The summed E-state index contributed by atoms with van der Waals surface area (Å²) in [7, 11) is 1.34. The maximum atomic E-state index is 11.3. The fourth-order valence-electron chi connectivity index (χ4n) is 1.58. The zero-order chi connectivity index (χ0) is 12.3. The number of ether oxygens (including phenoxy) is 2. The summed E-state index contributed by atoms with van der Waals surface area (Å²) in [5, 5.41) is 0.880. The van der Waals surface area contributed by atoms with Crippen molar-refractivity contribution in [2.75, 3.05) is 7.11 Å². The number of hydrogen-bond donors (Lipinski definition) is 0. The van der Waals surface area contributed by atoms with Gasteiger partial charge in [0.1, 0.15) is 5.75 Å². The minimum Gasteiger partial charge on any atom is -0.478 e. The van der Waals surface area contributed by atoms with E-state index in [1.807, 2.05) is 30.3 Å². The number of rotatable bonds is 3. The van der Waals surface area contributed by atoms with Gasteiger partial charge in [0.2, 0.25) is 0 Å². The summed E-state index contributed by atoms with van der Waals surface area (Å²) >= 11 is 0. The maximum absolute atomic E-state index is 11.3. The van der Waals surface area contributed by atoms with Gasteiger partial charge in [0, 0.05) is 11.6 Å². The highest BCUT2D eigenvalue weighted by Gasteiger charge is 2.15. The van der Waals surface area contributed by atoms with Crippen LogP contribution in [0.25, 0.3) is 10.9 Å². The van der Waals surface area contributed by atoms with E-state index in [1.54, 1.807) is 13.1 Å². The van der Waals surface area contributed by atoms with E-state index in [9.17, 15) is 4.79 Å². The molecule has 0 bridgehead atoms. The molecule has 0 aliphatic rings. The number of methoxy groups -OCH3 is 1. The van der Waals surface area contributed by atoms with Crippen molar-refractivity contribution in [1.29, 1.82) is 0 Å². The number of aromatic nitrogens is 1. The maximum Gasteiger partial charge on any atom is 0.346 e. The fraction of sp³-hybridized carbons (Fsp3) is 0.231. The Bertz CT molecular complexity index is 534. The third-order valence-corrected chi connectivity index (χ3v) is 2.44. The molecular formula is C13H13NO3. The van der Waals surface area contributed by atoms with E-state index in [0.717, 1.165) is 10.9 Å².